The maximum atomic E-state index is 5.95. The smallest absolute Gasteiger partial charge is 0.229 e. The molecule has 19 heavy (non-hydrogen) atoms. The molecule has 1 fully saturated rings. The third-order valence-electron chi connectivity index (χ3n) is 3.50. The Morgan fingerprint density at radius 1 is 1.37 bits per heavy atom. The minimum Gasteiger partial charge on any atom is -0.368 e. The zero-order valence-corrected chi connectivity index (χ0v) is 11.9. The fourth-order valence-electron chi connectivity index (χ4n) is 2.33. The third kappa shape index (κ3) is 3.51. The Kier molecular flexibility index (Phi) is 4.16. The van der Waals surface area contributed by atoms with E-state index in [2.05, 4.69) is 26.8 Å². The van der Waals surface area contributed by atoms with Crippen LogP contribution in [0.2, 0.25) is 0 Å². The van der Waals surface area contributed by atoms with E-state index in [1.54, 1.807) is 0 Å². The predicted molar refractivity (Wildman–Crippen MR) is 75.6 cm³/mol. The van der Waals surface area contributed by atoms with Crippen LogP contribution in [0.25, 0.3) is 0 Å². The van der Waals surface area contributed by atoms with E-state index in [-0.39, 0.29) is 12.0 Å². The average molecular weight is 265 g/mol. The highest BCUT2D eigenvalue weighted by atomic mass is 15.3. The van der Waals surface area contributed by atoms with Crippen molar-refractivity contribution in [3.8, 4) is 0 Å². The first kappa shape index (κ1) is 14.0. The number of nitrogen functional groups attached to an aromatic ring is 1. The van der Waals surface area contributed by atoms with E-state index in [0.29, 0.717) is 18.4 Å². The molecule has 0 spiro atoms. The summed E-state index contributed by atoms with van der Waals surface area (Å²) in [4.78, 5) is 16.9. The second kappa shape index (κ2) is 5.66. The van der Waals surface area contributed by atoms with E-state index < -0.39 is 0 Å². The number of hydrogen-bond donors (Lipinski definition) is 2. The molecule has 1 saturated heterocycles. The van der Waals surface area contributed by atoms with Crippen LogP contribution in [-0.4, -0.2) is 53.1 Å². The highest BCUT2D eigenvalue weighted by Gasteiger charge is 2.25. The zero-order chi connectivity index (χ0) is 14.0. The molecular weight excluding hydrogens is 242 g/mol. The number of aromatic nitrogens is 3. The van der Waals surface area contributed by atoms with Gasteiger partial charge in [-0.2, -0.15) is 15.0 Å². The van der Waals surface area contributed by atoms with E-state index in [9.17, 15) is 0 Å². The first-order valence-corrected chi connectivity index (χ1v) is 6.61. The van der Waals surface area contributed by atoms with Gasteiger partial charge in [0, 0.05) is 26.7 Å². The second-order valence-corrected chi connectivity index (χ2v) is 5.45. The van der Waals surface area contributed by atoms with Gasteiger partial charge in [-0.05, 0) is 25.8 Å². The zero-order valence-electron chi connectivity index (χ0n) is 11.9. The van der Waals surface area contributed by atoms with Crippen LogP contribution in [0, 0.1) is 5.92 Å². The summed E-state index contributed by atoms with van der Waals surface area (Å²) in [6.07, 6.45) is 1.14. The number of likely N-dealkylation sites (tertiary alicyclic amines) is 1. The Hall–Kier alpha value is -1.47. The van der Waals surface area contributed by atoms with Gasteiger partial charge in [-0.3, -0.25) is 4.90 Å². The number of hydrogen-bond acceptors (Lipinski definition) is 7. The van der Waals surface area contributed by atoms with Gasteiger partial charge in [-0.15, -0.1) is 0 Å². The molecule has 106 valence electrons. The van der Waals surface area contributed by atoms with E-state index in [1.165, 1.54) is 0 Å². The van der Waals surface area contributed by atoms with Crippen LogP contribution in [0.3, 0.4) is 0 Å². The summed E-state index contributed by atoms with van der Waals surface area (Å²) in [6.45, 7) is 4.81. The van der Waals surface area contributed by atoms with Gasteiger partial charge in [-0.1, -0.05) is 0 Å². The normalized spacial score (nSPS) is 21.6. The van der Waals surface area contributed by atoms with Gasteiger partial charge in [0.2, 0.25) is 11.9 Å². The van der Waals surface area contributed by atoms with Crippen molar-refractivity contribution in [1.29, 1.82) is 0 Å². The maximum absolute atomic E-state index is 5.95. The fourth-order valence-corrected chi connectivity index (χ4v) is 2.33. The van der Waals surface area contributed by atoms with Gasteiger partial charge in [0.05, 0.1) is 6.54 Å². The Balaban J connectivity index is 2.04. The summed E-state index contributed by atoms with van der Waals surface area (Å²) in [5, 5.41) is 0. The van der Waals surface area contributed by atoms with Gasteiger partial charge in [0.1, 0.15) is 5.82 Å². The van der Waals surface area contributed by atoms with E-state index in [0.717, 1.165) is 25.3 Å². The van der Waals surface area contributed by atoms with Gasteiger partial charge in [0.25, 0.3) is 0 Å². The molecule has 0 aliphatic carbocycles. The molecule has 0 saturated carbocycles. The summed E-state index contributed by atoms with van der Waals surface area (Å²) in [5.41, 5.74) is 11.7. The number of rotatable bonds is 4. The summed E-state index contributed by atoms with van der Waals surface area (Å²) in [6, 6.07) is 0.241. The number of nitrogens with two attached hydrogens (primary N) is 2. The monoisotopic (exact) mass is 265 g/mol. The quantitative estimate of drug-likeness (QED) is 0.770. The van der Waals surface area contributed by atoms with Crippen molar-refractivity contribution in [3.63, 3.8) is 0 Å². The van der Waals surface area contributed by atoms with Crippen LogP contribution in [-0.2, 0) is 6.54 Å². The van der Waals surface area contributed by atoms with Crippen molar-refractivity contribution < 1.29 is 0 Å². The lowest BCUT2D eigenvalue weighted by atomic mass is 10.0. The molecule has 0 radical (unpaired) electrons. The van der Waals surface area contributed by atoms with E-state index in [4.69, 9.17) is 11.5 Å². The molecule has 2 rings (SSSR count). The van der Waals surface area contributed by atoms with Crippen LogP contribution >= 0.6 is 0 Å². The van der Waals surface area contributed by atoms with Gasteiger partial charge < -0.3 is 16.4 Å². The summed E-state index contributed by atoms with van der Waals surface area (Å²) in [5.74, 6) is 2.16. The molecule has 1 aliphatic heterocycles. The molecule has 2 atom stereocenters. The predicted octanol–water partition coefficient (Wildman–Crippen LogP) is -0.311. The number of anilines is 2. The molecule has 0 amide bonds. The Bertz CT molecular complexity index is 432. The Morgan fingerprint density at radius 2 is 2.11 bits per heavy atom. The minimum absolute atomic E-state index is 0.241. The van der Waals surface area contributed by atoms with Crippen molar-refractivity contribution in [1.82, 2.24) is 19.9 Å². The molecule has 1 aliphatic rings. The SMILES string of the molecule is CC(N)C1CCN(Cc2nc(N)nc(N(C)C)n2)C1. The first-order valence-electron chi connectivity index (χ1n) is 6.61. The van der Waals surface area contributed by atoms with Crippen molar-refractivity contribution in [2.75, 3.05) is 37.8 Å². The van der Waals surface area contributed by atoms with Gasteiger partial charge in [-0.25, -0.2) is 0 Å². The van der Waals surface area contributed by atoms with Crippen molar-refractivity contribution in [2.24, 2.45) is 11.7 Å². The highest BCUT2D eigenvalue weighted by molar-refractivity contribution is 5.32. The van der Waals surface area contributed by atoms with E-state index in [1.807, 2.05) is 19.0 Å². The summed E-state index contributed by atoms with van der Waals surface area (Å²) >= 11 is 0. The van der Waals surface area contributed by atoms with E-state index >= 15 is 0 Å². The molecular formula is C12H23N7. The molecule has 7 nitrogen and oxygen atoms in total. The van der Waals surface area contributed by atoms with Crippen LogP contribution in [0.4, 0.5) is 11.9 Å². The van der Waals surface area contributed by atoms with Gasteiger partial charge >= 0.3 is 0 Å². The highest BCUT2D eigenvalue weighted by Crippen LogP contribution is 2.20. The Morgan fingerprint density at radius 3 is 2.68 bits per heavy atom. The lowest BCUT2D eigenvalue weighted by Crippen LogP contribution is -2.30. The molecule has 7 heteroatoms. The lowest BCUT2D eigenvalue weighted by molar-refractivity contribution is 0.301. The molecule has 2 heterocycles. The maximum Gasteiger partial charge on any atom is 0.229 e. The molecule has 4 N–H and O–H groups in total. The summed E-state index contributed by atoms with van der Waals surface area (Å²) in [7, 11) is 3.78. The lowest BCUT2D eigenvalue weighted by Gasteiger charge is -2.18. The standard InChI is InChI=1S/C12H23N7/c1-8(13)9-4-5-19(6-9)7-10-15-11(14)17-12(16-10)18(2)3/h8-9H,4-7,13H2,1-3H3,(H2,14,15,16,17). The largest absolute Gasteiger partial charge is 0.368 e. The van der Waals surface area contributed by atoms with Crippen LogP contribution in [0.1, 0.15) is 19.2 Å². The summed E-state index contributed by atoms with van der Waals surface area (Å²) < 4.78 is 0. The second-order valence-electron chi connectivity index (χ2n) is 5.45. The molecule has 0 bridgehead atoms. The fraction of sp³-hybridized carbons (Fsp3) is 0.750. The van der Waals surface area contributed by atoms with Crippen LogP contribution in [0.5, 0.6) is 0 Å². The molecule has 0 aromatic carbocycles. The number of nitrogens with zero attached hydrogens (tertiary/aromatic N) is 5. The van der Waals surface area contributed by atoms with Crippen LogP contribution < -0.4 is 16.4 Å². The molecule has 1 aromatic rings. The van der Waals surface area contributed by atoms with Crippen LogP contribution in [0.15, 0.2) is 0 Å². The molecule has 2 unspecified atom stereocenters. The van der Waals surface area contributed by atoms with Crippen molar-refractivity contribution in [2.45, 2.75) is 25.9 Å². The molecule has 1 aromatic heterocycles. The van der Waals surface area contributed by atoms with Crippen molar-refractivity contribution in [3.05, 3.63) is 5.82 Å². The van der Waals surface area contributed by atoms with Crippen molar-refractivity contribution >= 4 is 11.9 Å². The minimum atomic E-state index is 0.241. The van der Waals surface area contributed by atoms with Gasteiger partial charge in [0.15, 0.2) is 0 Å². The first-order chi connectivity index (χ1) is 8.95. The average Bonchev–Trinajstić information content (AvgIpc) is 2.76. The third-order valence-corrected chi connectivity index (χ3v) is 3.50. The Labute approximate surface area is 114 Å². The topological polar surface area (TPSA) is 97.2 Å².